The molecule has 0 aromatic heterocycles. The minimum atomic E-state index is 0.0949. The maximum atomic E-state index is 10.8. The van der Waals surface area contributed by atoms with E-state index in [1.165, 1.54) is 0 Å². The maximum Gasteiger partial charge on any atom is 0.130 e. The topological polar surface area (TPSA) is 34.1 Å². The summed E-state index contributed by atoms with van der Waals surface area (Å²) in [6, 6.07) is 0. The molecular weight excluding hydrogens is 140 g/mol. The number of hydrogen-bond donors (Lipinski definition) is 0. The van der Waals surface area contributed by atoms with Crippen LogP contribution in [-0.2, 0) is 9.59 Å². The molecule has 0 aliphatic heterocycles. The van der Waals surface area contributed by atoms with E-state index in [1.54, 1.807) is 13.8 Å². The fourth-order valence-electron chi connectivity index (χ4n) is 1.65. The predicted octanol–water partition coefficient (Wildman–Crippen LogP) is 1.72. The predicted molar refractivity (Wildman–Crippen MR) is 42.3 cm³/mol. The summed E-state index contributed by atoms with van der Waals surface area (Å²) in [6.07, 6.45) is 3.33. The van der Waals surface area contributed by atoms with Gasteiger partial charge >= 0.3 is 0 Å². The smallest absolute Gasteiger partial charge is 0.130 e. The Labute approximate surface area is 67.0 Å². The van der Waals surface area contributed by atoms with Crippen LogP contribution in [0.15, 0.2) is 0 Å². The fourth-order valence-corrected chi connectivity index (χ4v) is 1.65. The van der Waals surface area contributed by atoms with Gasteiger partial charge in [-0.05, 0) is 32.1 Å². The van der Waals surface area contributed by atoms with Gasteiger partial charge in [-0.15, -0.1) is 0 Å². The van der Waals surface area contributed by atoms with Crippen molar-refractivity contribution in [2.24, 2.45) is 5.41 Å². The monoisotopic (exact) mass is 154 g/mol. The van der Waals surface area contributed by atoms with Gasteiger partial charge in [-0.25, -0.2) is 0 Å². The molecule has 0 aromatic carbocycles. The van der Waals surface area contributed by atoms with Crippen molar-refractivity contribution < 1.29 is 9.59 Å². The molecule has 1 saturated carbocycles. The summed E-state index contributed by atoms with van der Waals surface area (Å²) >= 11 is 0. The van der Waals surface area contributed by atoms with Gasteiger partial charge in [-0.1, -0.05) is 0 Å². The second kappa shape index (κ2) is 2.76. The average Bonchev–Trinajstić information content (AvgIpc) is 2.43. The van der Waals surface area contributed by atoms with Crippen LogP contribution in [0.25, 0.3) is 0 Å². The SMILES string of the molecule is CC(=O)CC1(CC(C)=O)CC1. The van der Waals surface area contributed by atoms with Crippen LogP contribution in [0.4, 0.5) is 0 Å². The van der Waals surface area contributed by atoms with Gasteiger partial charge in [0.25, 0.3) is 0 Å². The largest absolute Gasteiger partial charge is 0.300 e. The molecule has 0 N–H and O–H groups in total. The van der Waals surface area contributed by atoms with E-state index in [4.69, 9.17) is 0 Å². The lowest BCUT2D eigenvalue weighted by atomic mass is 9.94. The molecule has 0 aromatic rings. The number of Topliss-reactive ketones (excluding diaryl/α,β-unsaturated/α-hetero) is 2. The highest BCUT2D eigenvalue weighted by molar-refractivity contribution is 5.80. The molecule has 0 bridgehead atoms. The third kappa shape index (κ3) is 2.45. The zero-order valence-corrected chi connectivity index (χ0v) is 7.14. The first-order valence-electron chi connectivity index (χ1n) is 4.03. The summed E-state index contributed by atoms with van der Waals surface area (Å²) in [5, 5.41) is 0. The summed E-state index contributed by atoms with van der Waals surface area (Å²) in [5.74, 6) is 0.424. The van der Waals surface area contributed by atoms with Gasteiger partial charge in [0.2, 0.25) is 0 Å². The first-order valence-corrected chi connectivity index (χ1v) is 4.03. The van der Waals surface area contributed by atoms with Crippen molar-refractivity contribution in [1.82, 2.24) is 0 Å². The zero-order chi connectivity index (χ0) is 8.48. The highest BCUT2D eigenvalue weighted by atomic mass is 16.1. The summed E-state index contributed by atoms with van der Waals surface area (Å²) in [4.78, 5) is 21.5. The molecule has 1 aliphatic carbocycles. The molecule has 0 unspecified atom stereocenters. The van der Waals surface area contributed by atoms with Crippen molar-refractivity contribution in [1.29, 1.82) is 0 Å². The van der Waals surface area contributed by atoms with Crippen molar-refractivity contribution in [3.8, 4) is 0 Å². The standard InChI is InChI=1S/C9H14O2/c1-7(10)5-9(3-4-9)6-8(2)11/h3-6H2,1-2H3. The van der Waals surface area contributed by atoms with E-state index >= 15 is 0 Å². The van der Waals surface area contributed by atoms with E-state index in [0.29, 0.717) is 12.8 Å². The van der Waals surface area contributed by atoms with Gasteiger partial charge in [0, 0.05) is 12.8 Å². The number of hydrogen-bond acceptors (Lipinski definition) is 2. The molecule has 0 radical (unpaired) electrons. The van der Waals surface area contributed by atoms with E-state index < -0.39 is 0 Å². The second-order valence-electron chi connectivity index (χ2n) is 3.76. The lowest BCUT2D eigenvalue weighted by Gasteiger charge is -2.09. The lowest BCUT2D eigenvalue weighted by Crippen LogP contribution is -2.10. The lowest BCUT2D eigenvalue weighted by molar-refractivity contribution is -0.120. The van der Waals surface area contributed by atoms with Gasteiger partial charge in [0.15, 0.2) is 0 Å². The van der Waals surface area contributed by atoms with Gasteiger partial charge < -0.3 is 9.59 Å². The Morgan fingerprint density at radius 3 is 1.64 bits per heavy atom. The summed E-state index contributed by atoms with van der Waals surface area (Å²) in [7, 11) is 0. The van der Waals surface area contributed by atoms with Crippen LogP contribution < -0.4 is 0 Å². The molecule has 0 amide bonds. The van der Waals surface area contributed by atoms with E-state index in [9.17, 15) is 9.59 Å². The summed E-state index contributed by atoms with van der Waals surface area (Å²) in [6.45, 7) is 3.19. The van der Waals surface area contributed by atoms with E-state index in [-0.39, 0.29) is 17.0 Å². The molecular formula is C9H14O2. The van der Waals surface area contributed by atoms with Crippen molar-refractivity contribution in [2.75, 3.05) is 0 Å². The van der Waals surface area contributed by atoms with Crippen molar-refractivity contribution in [2.45, 2.75) is 39.5 Å². The van der Waals surface area contributed by atoms with Gasteiger partial charge in [-0.2, -0.15) is 0 Å². The normalized spacial score (nSPS) is 19.5. The zero-order valence-electron chi connectivity index (χ0n) is 7.14. The first kappa shape index (κ1) is 8.44. The van der Waals surface area contributed by atoms with Crippen LogP contribution >= 0.6 is 0 Å². The first-order chi connectivity index (χ1) is 5.04. The molecule has 0 heterocycles. The number of carbonyl (C=O) groups excluding carboxylic acids is 2. The molecule has 62 valence electrons. The van der Waals surface area contributed by atoms with Crippen molar-refractivity contribution >= 4 is 11.6 Å². The Balaban J connectivity index is 2.41. The molecule has 0 saturated heterocycles. The highest BCUT2D eigenvalue weighted by Crippen LogP contribution is 2.51. The second-order valence-corrected chi connectivity index (χ2v) is 3.76. The quantitative estimate of drug-likeness (QED) is 0.618. The number of rotatable bonds is 4. The number of carbonyl (C=O) groups is 2. The molecule has 0 atom stereocenters. The van der Waals surface area contributed by atoms with Gasteiger partial charge in [0.1, 0.15) is 11.6 Å². The highest BCUT2D eigenvalue weighted by Gasteiger charge is 2.43. The van der Waals surface area contributed by atoms with E-state index in [2.05, 4.69) is 0 Å². The Morgan fingerprint density at radius 1 is 1.09 bits per heavy atom. The molecule has 1 aliphatic rings. The Bertz CT molecular complexity index is 172. The number of ketones is 2. The Hall–Kier alpha value is -0.660. The van der Waals surface area contributed by atoms with Crippen molar-refractivity contribution in [3.63, 3.8) is 0 Å². The molecule has 2 nitrogen and oxygen atoms in total. The minimum absolute atomic E-state index is 0.0949. The Kier molecular flexibility index (Phi) is 2.12. The third-order valence-electron chi connectivity index (χ3n) is 2.20. The van der Waals surface area contributed by atoms with E-state index in [1.807, 2.05) is 0 Å². The molecule has 0 spiro atoms. The van der Waals surface area contributed by atoms with Crippen LogP contribution in [-0.4, -0.2) is 11.6 Å². The summed E-state index contributed by atoms with van der Waals surface area (Å²) in [5.41, 5.74) is 0.0949. The molecule has 1 fully saturated rings. The van der Waals surface area contributed by atoms with Crippen LogP contribution in [0.1, 0.15) is 39.5 Å². The molecule has 1 rings (SSSR count). The van der Waals surface area contributed by atoms with E-state index in [0.717, 1.165) is 12.8 Å². The van der Waals surface area contributed by atoms with Gasteiger partial charge in [-0.3, -0.25) is 0 Å². The van der Waals surface area contributed by atoms with Crippen LogP contribution in [0.3, 0.4) is 0 Å². The van der Waals surface area contributed by atoms with Crippen LogP contribution in [0, 0.1) is 5.41 Å². The van der Waals surface area contributed by atoms with Crippen LogP contribution in [0.2, 0.25) is 0 Å². The summed E-state index contributed by atoms with van der Waals surface area (Å²) < 4.78 is 0. The van der Waals surface area contributed by atoms with Crippen LogP contribution in [0.5, 0.6) is 0 Å². The maximum absolute atomic E-state index is 10.8. The molecule has 11 heavy (non-hydrogen) atoms. The minimum Gasteiger partial charge on any atom is -0.300 e. The van der Waals surface area contributed by atoms with Crippen molar-refractivity contribution in [3.05, 3.63) is 0 Å². The average molecular weight is 154 g/mol. The Morgan fingerprint density at radius 2 is 1.45 bits per heavy atom. The molecule has 2 heteroatoms. The van der Waals surface area contributed by atoms with Gasteiger partial charge in [0.05, 0.1) is 0 Å². The fraction of sp³-hybridized carbons (Fsp3) is 0.778. The third-order valence-corrected chi connectivity index (χ3v) is 2.20.